The van der Waals surface area contributed by atoms with E-state index in [1.54, 1.807) is 19.2 Å². The average molecular weight is 374 g/mol. The molecule has 1 aromatic rings. The minimum Gasteiger partial charge on any atom is -0.356 e. The van der Waals surface area contributed by atoms with Crippen LogP contribution in [0.3, 0.4) is 0 Å². The summed E-state index contributed by atoms with van der Waals surface area (Å²) in [5.74, 6) is 0.277. The molecular formula is C18H26F4N4. The van der Waals surface area contributed by atoms with E-state index in [4.69, 9.17) is 0 Å². The molecule has 1 atom stereocenters. The van der Waals surface area contributed by atoms with Crippen LogP contribution in [0.2, 0.25) is 0 Å². The zero-order valence-electron chi connectivity index (χ0n) is 15.3. The van der Waals surface area contributed by atoms with Crippen LogP contribution in [0, 0.1) is 5.82 Å². The van der Waals surface area contributed by atoms with Crippen molar-refractivity contribution in [3.8, 4) is 0 Å². The van der Waals surface area contributed by atoms with E-state index in [1.807, 2.05) is 13.8 Å². The fraction of sp³-hybridized carbons (Fsp3) is 0.611. The van der Waals surface area contributed by atoms with Gasteiger partial charge in [0.2, 0.25) is 0 Å². The van der Waals surface area contributed by atoms with Crippen molar-refractivity contribution < 1.29 is 17.6 Å². The Morgan fingerprint density at radius 2 is 1.88 bits per heavy atom. The standard InChI is InChI=1S/C18H26F4N4/c1-17(2,13-4-6-14(19)7-5-13)11-24-16(23-3)25-15-8-9-26(10-15)12-18(20,21)22/h4-7,15H,8-12H2,1-3H3,(H2,23,24,25). The van der Waals surface area contributed by atoms with Gasteiger partial charge in [-0.2, -0.15) is 13.2 Å². The maximum Gasteiger partial charge on any atom is 0.401 e. The van der Waals surface area contributed by atoms with Crippen LogP contribution < -0.4 is 10.6 Å². The number of alkyl halides is 3. The zero-order chi connectivity index (χ0) is 19.4. The van der Waals surface area contributed by atoms with E-state index in [1.165, 1.54) is 17.0 Å². The normalized spacial score (nSPS) is 19.7. The highest BCUT2D eigenvalue weighted by Crippen LogP contribution is 2.23. The van der Waals surface area contributed by atoms with E-state index in [0.717, 1.165) is 5.56 Å². The Balaban J connectivity index is 1.85. The number of nitrogens with zero attached hydrogens (tertiary/aromatic N) is 2. The van der Waals surface area contributed by atoms with E-state index in [9.17, 15) is 17.6 Å². The monoisotopic (exact) mass is 374 g/mol. The second-order valence-electron chi connectivity index (χ2n) is 7.30. The van der Waals surface area contributed by atoms with Crippen LogP contribution >= 0.6 is 0 Å². The lowest BCUT2D eigenvalue weighted by molar-refractivity contribution is -0.143. The highest BCUT2D eigenvalue weighted by Gasteiger charge is 2.34. The molecule has 1 aliphatic heterocycles. The summed E-state index contributed by atoms with van der Waals surface area (Å²) in [5.41, 5.74) is 0.725. The molecule has 0 aromatic heterocycles. The second kappa shape index (κ2) is 8.24. The first-order chi connectivity index (χ1) is 12.1. The van der Waals surface area contributed by atoms with Gasteiger partial charge in [0.1, 0.15) is 5.82 Å². The molecule has 0 saturated carbocycles. The van der Waals surface area contributed by atoms with Crippen molar-refractivity contribution in [3.63, 3.8) is 0 Å². The van der Waals surface area contributed by atoms with E-state index < -0.39 is 12.7 Å². The first-order valence-corrected chi connectivity index (χ1v) is 8.61. The van der Waals surface area contributed by atoms with Gasteiger partial charge in [-0.15, -0.1) is 0 Å². The molecule has 2 rings (SSSR count). The highest BCUT2D eigenvalue weighted by atomic mass is 19.4. The first-order valence-electron chi connectivity index (χ1n) is 8.61. The van der Waals surface area contributed by atoms with Crippen molar-refractivity contribution in [1.82, 2.24) is 15.5 Å². The van der Waals surface area contributed by atoms with Crippen molar-refractivity contribution in [1.29, 1.82) is 0 Å². The number of nitrogens with one attached hydrogen (secondary N) is 2. The molecule has 146 valence electrons. The van der Waals surface area contributed by atoms with Gasteiger partial charge in [-0.1, -0.05) is 26.0 Å². The van der Waals surface area contributed by atoms with Crippen molar-refractivity contribution >= 4 is 5.96 Å². The van der Waals surface area contributed by atoms with Crippen LogP contribution in [0.25, 0.3) is 0 Å². The minimum atomic E-state index is -4.17. The summed E-state index contributed by atoms with van der Waals surface area (Å²) in [7, 11) is 1.63. The molecule has 2 N–H and O–H groups in total. The molecule has 1 saturated heterocycles. The second-order valence-corrected chi connectivity index (χ2v) is 7.30. The summed E-state index contributed by atoms with van der Waals surface area (Å²) in [5, 5.41) is 6.40. The SMILES string of the molecule is CN=C(NCC(C)(C)c1ccc(F)cc1)NC1CCN(CC(F)(F)F)C1. The topological polar surface area (TPSA) is 39.7 Å². The van der Waals surface area contributed by atoms with Crippen molar-refractivity contribution in [3.05, 3.63) is 35.6 Å². The fourth-order valence-electron chi connectivity index (χ4n) is 3.04. The van der Waals surface area contributed by atoms with E-state index >= 15 is 0 Å². The lowest BCUT2D eigenvalue weighted by Crippen LogP contribution is -2.48. The Kier molecular flexibility index (Phi) is 6.49. The van der Waals surface area contributed by atoms with Gasteiger partial charge in [-0.05, 0) is 24.1 Å². The lowest BCUT2D eigenvalue weighted by atomic mass is 9.84. The first kappa shape index (κ1) is 20.5. The van der Waals surface area contributed by atoms with Crippen LogP contribution in [-0.2, 0) is 5.41 Å². The third-order valence-electron chi connectivity index (χ3n) is 4.56. The molecule has 1 fully saturated rings. The highest BCUT2D eigenvalue weighted by molar-refractivity contribution is 5.80. The Labute approximate surface area is 151 Å². The summed E-state index contributed by atoms with van der Waals surface area (Å²) in [6.07, 6.45) is -3.54. The molecule has 26 heavy (non-hydrogen) atoms. The van der Waals surface area contributed by atoms with Crippen LogP contribution in [0.4, 0.5) is 17.6 Å². The van der Waals surface area contributed by atoms with Crippen LogP contribution in [0.15, 0.2) is 29.3 Å². The molecule has 0 amide bonds. The molecule has 1 heterocycles. The number of hydrogen-bond acceptors (Lipinski definition) is 2. The predicted octanol–water partition coefficient (Wildman–Crippen LogP) is 2.90. The quantitative estimate of drug-likeness (QED) is 0.473. The van der Waals surface area contributed by atoms with Crippen LogP contribution in [-0.4, -0.2) is 56.3 Å². The number of guanidine groups is 1. The van der Waals surface area contributed by atoms with Gasteiger partial charge in [0.15, 0.2) is 5.96 Å². The Bertz CT molecular complexity index is 611. The summed E-state index contributed by atoms with van der Waals surface area (Å²) in [6.45, 7) is 4.48. The number of benzene rings is 1. The van der Waals surface area contributed by atoms with Gasteiger partial charge >= 0.3 is 6.18 Å². The molecule has 0 spiro atoms. The average Bonchev–Trinajstić information content (AvgIpc) is 2.96. The maximum absolute atomic E-state index is 13.1. The molecule has 1 aliphatic rings. The zero-order valence-corrected chi connectivity index (χ0v) is 15.3. The number of aliphatic imine (C=N–C) groups is 1. The molecule has 1 aromatic carbocycles. The molecule has 1 unspecified atom stereocenters. The van der Waals surface area contributed by atoms with Gasteiger partial charge in [-0.25, -0.2) is 4.39 Å². The van der Waals surface area contributed by atoms with Gasteiger partial charge < -0.3 is 10.6 Å². The maximum atomic E-state index is 13.1. The van der Waals surface area contributed by atoms with Crippen molar-refractivity contribution in [2.45, 2.75) is 37.9 Å². The van der Waals surface area contributed by atoms with Gasteiger partial charge in [-0.3, -0.25) is 9.89 Å². The largest absolute Gasteiger partial charge is 0.401 e. The molecule has 0 bridgehead atoms. The molecule has 4 nitrogen and oxygen atoms in total. The smallest absolute Gasteiger partial charge is 0.356 e. The molecule has 0 aliphatic carbocycles. The van der Waals surface area contributed by atoms with Crippen LogP contribution in [0.1, 0.15) is 25.8 Å². The Morgan fingerprint density at radius 3 is 2.46 bits per heavy atom. The number of rotatable bonds is 5. The number of halogens is 4. The van der Waals surface area contributed by atoms with Gasteiger partial charge in [0, 0.05) is 38.1 Å². The molecular weight excluding hydrogens is 348 g/mol. The van der Waals surface area contributed by atoms with E-state index in [-0.39, 0.29) is 17.3 Å². The molecule has 8 heteroatoms. The number of hydrogen-bond donors (Lipinski definition) is 2. The summed E-state index contributed by atoms with van der Waals surface area (Å²) >= 11 is 0. The Hall–Kier alpha value is -1.83. The Morgan fingerprint density at radius 1 is 1.23 bits per heavy atom. The van der Waals surface area contributed by atoms with Gasteiger partial charge in [0.25, 0.3) is 0 Å². The lowest BCUT2D eigenvalue weighted by Gasteiger charge is -2.27. The van der Waals surface area contributed by atoms with Crippen LogP contribution in [0.5, 0.6) is 0 Å². The summed E-state index contributed by atoms with van der Waals surface area (Å²) < 4.78 is 50.5. The summed E-state index contributed by atoms with van der Waals surface area (Å²) in [6, 6.07) is 6.28. The van der Waals surface area contributed by atoms with Gasteiger partial charge in [0.05, 0.1) is 6.54 Å². The van der Waals surface area contributed by atoms with E-state index in [2.05, 4.69) is 15.6 Å². The third kappa shape index (κ3) is 6.16. The number of likely N-dealkylation sites (tertiary alicyclic amines) is 1. The summed E-state index contributed by atoms with van der Waals surface area (Å²) in [4.78, 5) is 5.55. The minimum absolute atomic E-state index is 0.0718. The molecule has 0 radical (unpaired) electrons. The fourth-order valence-corrected chi connectivity index (χ4v) is 3.04. The van der Waals surface area contributed by atoms with Crippen molar-refractivity contribution in [2.75, 3.05) is 33.2 Å². The third-order valence-corrected chi connectivity index (χ3v) is 4.56. The predicted molar refractivity (Wildman–Crippen MR) is 94.8 cm³/mol. The van der Waals surface area contributed by atoms with Crippen molar-refractivity contribution in [2.24, 2.45) is 4.99 Å². The van der Waals surface area contributed by atoms with E-state index in [0.29, 0.717) is 32.0 Å².